The lowest BCUT2D eigenvalue weighted by Gasteiger charge is -2.37. The number of nitrogens with zero attached hydrogens (tertiary/aromatic N) is 1. The summed E-state index contributed by atoms with van der Waals surface area (Å²) in [7, 11) is -0.464. The number of ether oxygens (including phenoxy) is 1. The molecule has 2 aliphatic heterocycles. The summed E-state index contributed by atoms with van der Waals surface area (Å²) >= 11 is 0. The van der Waals surface area contributed by atoms with Gasteiger partial charge in [-0.15, -0.1) is 0 Å². The Labute approximate surface area is 130 Å². The van der Waals surface area contributed by atoms with E-state index in [1.165, 1.54) is 0 Å². The van der Waals surface area contributed by atoms with Crippen LogP contribution in [0.3, 0.4) is 0 Å². The van der Waals surface area contributed by atoms with Crippen molar-refractivity contribution >= 4 is 18.5 Å². The molecule has 0 atom stereocenters. The van der Waals surface area contributed by atoms with Crippen molar-refractivity contribution in [3.8, 4) is 0 Å². The first-order valence-corrected chi connectivity index (χ1v) is 7.38. The van der Waals surface area contributed by atoms with Gasteiger partial charge in [-0.25, -0.2) is 0 Å². The molecule has 0 unspecified atom stereocenters. The molecule has 0 aliphatic carbocycles. The first-order chi connectivity index (χ1) is 10.2. The molecule has 0 aromatic carbocycles. The van der Waals surface area contributed by atoms with Crippen LogP contribution in [0.2, 0.25) is 0 Å². The van der Waals surface area contributed by atoms with Gasteiger partial charge in [-0.2, -0.15) is 0 Å². The third kappa shape index (κ3) is 2.15. The minimum Gasteiger partial charge on any atom is -0.399 e. The zero-order valence-corrected chi connectivity index (χ0v) is 13.4. The summed E-state index contributed by atoms with van der Waals surface area (Å²) in [6.45, 7) is 8.58. The number of nitrogens with two attached hydrogens (primary N) is 1. The van der Waals surface area contributed by atoms with E-state index >= 15 is 0 Å². The van der Waals surface area contributed by atoms with Gasteiger partial charge in [0, 0.05) is 11.7 Å². The molecule has 22 heavy (non-hydrogen) atoms. The lowest BCUT2D eigenvalue weighted by atomic mass is 9.77. The lowest BCUT2D eigenvalue weighted by molar-refractivity contribution is -0.142. The Balaban J connectivity index is 1.83. The predicted molar refractivity (Wildman–Crippen MR) is 81.6 cm³/mol. The number of pyridine rings is 1. The van der Waals surface area contributed by atoms with Gasteiger partial charge in [0.25, 0.3) is 0 Å². The summed E-state index contributed by atoms with van der Waals surface area (Å²) in [6, 6.07) is 3.67. The lowest BCUT2D eigenvalue weighted by Crippen LogP contribution is -2.56. The van der Waals surface area contributed by atoms with Gasteiger partial charge in [-0.05, 0) is 33.8 Å². The Kier molecular flexibility index (Phi) is 3.36. The fourth-order valence-corrected chi connectivity index (χ4v) is 2.53. The summed E-state index contributed by atoms with van der Waals surface area (Å²) in [4.78, 5) is 16.1. The minimum absolute atomic E-state index is 0.283. The molecule has 2 aliphatic rings. The molecule has 2 fully saturated rings. The van der Waals surface area contributed by atoms with Crippen molar-refractivity contribution in [2.45, 2.75) is 44.3 Å². The second-order valence-electron chi connectivity index (χ2n) is 7.00. The average molecular weight is 304 g/mol. The Hall–Kier alpha value is -1.44. The van der Waals surface area contributed by atoms with Gasteiger partial charge in [0.15, 0.2) is 0 Å². The largest absolute Gasteiger partial charge is 0.496 e. The molecular formula is C15H21BN2O4. The zero-order valence-electron chi connectivity index (χ0n) is 13.4. The molecule has 3 rings (SSSR count). The minimum atomic E-state index is -0.797. The van der Waals surface area contributed by atoms with Crippen LogP contribution in [0.25, 0.3) is 0 Å². The summed E-state index contributed by atoms with van der Waals surface area (Å²) in [6.07, 6.45) is 1.68. The van der Waals surface area contributed by atoms with E-state index in [9.17, 15) is 4.79 Å². The van der Waals surface area contributed by atoms with Crippen molar-refractivity contribution in [3.63, 3.8) is 0 Å². The second kappa shape index (κ2) is 4.78. The smallest absolute Gasteiger partial charge is 0.399 e. The SMILES string of the molecule is CC1(C)OB(c2ccc(C3(C(N)=O)COC3)nc2)OC1(C)C. The quantitative estimate of drug-likeness (QED) is 0.803. The molecule has 1 amide bonds. The number of primary amides is 1. The van der Waals surface area contributed by atoms with Crippen LogP contribution in [0.5, 0.6) is 0 Å². The van der Waals surface area contributed by atoms with Gasteiger partial charge in [-0.3, -0.25) is 9.78 Å². The van der Waals surface area contributed by atoms with Gasteiger partial charge in [0.05, 0.1) is 30.1 Å². The number of aromatic nitrogens is 1. The van der Waals surface area contributed by atoms with Gasteiger partial charge < -0.3 is 19.8 Å². The Morgan fingerprint density at radius 2 is 1.77 bits per heavy atom. The molecular weight excluding hydrogens is 283 g/mol. The van der Waals surface area contributed by atoms with E-state index < -0.39 is 29.6 Å². The Bertz CT molecular complexity index is 580. The van der Waals surface area contributed by atoms with Crippen molar-refractivity contribution in [2.75, 3.05) is 13.2 Å². The van der Waals surface area contributed by atoms with Crippen LogP contribution >= 0.6 is 0 Å². The molecule has 2 N–H and O–H groups in total. The first-order valence-electron chi connectivity index (χ1n) is 7.38. The fraction of sp³-hybridized carbons (Fsp3) is 0.600. The molecule has 0 radical (unpaired) electrons. The Morgan fingerprint density at radius 1 is 1.18 bits per heavy atom. The van der Waals surface area contributed by atoms with Gasteiger partial charge in [0.2, 0.25) is 5.91 Å². The predicted octanol–water partition coefficient (Wildman–Crippen LogP) is 0.134. The molecule has 1 aromatic heterocycles. The highest BCUT2D eigenvalue weighted by molar-refractivity contribution is 6.62. The molecule has 2 saturated heterocycles. The fourth-order valence-electron chi connectivity index (χ4n) is 2.53. The van der Waals surface area contributed by atoms with E-state index in [-0.39, 0.29) is 13.2 Å². The maximum absolute atomic E-state index is 11.7. The molecule has 0 spiro atoms. The van der Waals surface area contributed by atoms with E-state index in [4.69, 9.17) is 19.8 Å². The standard InChI is InChI=1S/C15H21BN2O4/c1-13(2)14(3,4)22-16(21-13)10-5-6-11(18-7-10)15(12(17)19)8-20-9-15/h5-7H,8-9H2,1-4H3,(H2,17,19). The third-order valence-corrected chi connectivity index (χ3v) is 4.97. The summed E-state index contributed by atoms with van der Waals surface area (Å²) in [5.74, 6) is -0.408. The number of carbonyl (C=O) groups excluding carboxylic acids is 1. The van der Waals surface area contributed by atoms with E-state index in [0.29, 0.717) is 5.69 Å². The highest BCUT2D eigenvalue weighted by Gasteiger charge is 2.52. The molecule has 3 heterocycles. The van der Waals surface area contributed by atoms with E-state index in [1.807, 2.05) is 33.8 Å². The van der Waals surface area contributed by atoms with Crippen LogP contribution in [0, 0.1) is 0 Å². The summed E-state index contributed by atoms with van der Waals surface area (Å²) < 4.78 is 17.1. The monoisotopic (exact) mass is 304 g/mol. The number of rotatable bonds is 3. The van der Waals surface area contributed by atoms with Crippen LogP contribution < -0.4 is 11.2 Å². The van der Waals surface area contributed by atoms with Crippen LogP contribution in [0.4, 0.5) is 0 Å². The number of carbonyl (C=O) groups is 1. The van der Waals surface area contributed by atoms with Gasteiger partial charge in [0.1, 0.15) is 5.41 Å². The Morgan fingerprint density at radius 3 is 2.14 bits per heavy atom. The second-order valence-corrected chi connectivity index (χ2v) is 7.00. The van der Waals surface area contributed by atoms with Crippen molar-refractivity contribution in [1.82, 2.24) is 4.98 Å². The van der Waals surface area contributed by atoms with Crippen molar-refractivity contribution < 1.29 is 18.8 Å². The molecule has 7 heteroatoms. The summed E-state index contributed by atoms with van der Waals surface area (Å²) in [5.41, 5.74) is 5.35. The normalized spacial score (nSPS) is 24.8. The highest BCUT2D eigenvalue weighted by Crippen LogP contribution is 2.36. The molecule has 0 saturated carbocycles. The number of hydrogen-bond acceptors (Lipinski definition) is 5. The van der Waals surface area contributed by atoms with E-state index in [0.717, 1.165) is 5.46 Å². The third-order valence-electron chi connectivity index (χ3n) is 4.97. The maximum Gasteiger partial charge on any atom is 0.496 e. The maximum atomic E-state index is 11.7. The van der Waals surface area contributed by atoms with Gasteiger partial charge in [-0.1, -0.05) is 6.07 Å². The average Bonchev–Trinajstić information content (AvgIpc) is 2.57. The van der Waals surface area contributed by atoms with Crippen LogP contribution in [0.1, 0.15) is 33.4 Å². The molecule has 118 valence electrons. The van der Waals surface area contributed by atoms with Crippen LogP contribution in [-0.2, 0) is 24.3 Å². The van der Waals surface area contributed by atoms with Gasteiger partial charge >= 0.3 is 7.12 Å². The van der Waals surface area contributed by atoms with Crippen LogP contribution in [0.15, 0.2) is 18.3 Å². The molecule has 1 aromatic rings. The van der Waals surface area contributed by atoms with Crippen molar-refractivity contribution in [3.05, 3.63) is 24.0 Å². The van der Waals surface area contributed by atoms with Crippen molar-refractivity contribution in [2.24, 2.45) is 5.73 Å². The topological polar surface area (TPSA) is 83.7 Å². The summed E-state index contributed by atoms with van der Waals surface area (Å²) in [5, 5.41) is 0. The number of hydrogen-bond donors (Lipinski definition) is 1. The van der Waals surface area contributed by atoms with E-state index in [2.05, 4.69) is 4.98 Å². The first kappa shape index (κ1) is 15.5. The highest BCUT2D eigenvalue weighted by atomic mass is 16.7. The van der Waals surface area contributed by atoms with Crippen molar-refractivity contribution in [1.29, 1.82) is 0 Å². The van der Waals surface area contributed by atoms with Crippen LogP contribution in [-0.4, -0.2) is 42.4 Å². The molecule has 0 bridgehead atoms. The number of amides is 1. The molecule has 6 nitrogen and oxygen atoms in total. The van der Waals surface area contributed by atoms with E-state index in [1.54, 1.807) is 12.3 Å². The zero-order chi connectivity index (χ0) is 16.2.